The van der Waals surface area contributed by atoms with Crippen LogP contribution >= 0.6 is 23.5 Å². The molecule has 4 aromatic rings. The third-order valence-electron chi connectivity index (χ3n) is 5.33. The van der Waals surface area contributed by atoms with Crippen molar-refractivity contribution in [2.45, 2.75) is 27.7 Å². The first kappa shape index (κ1) is 17.0. The Labute approximate surface area is 168 Å². The van der Waals surface area contributed by atoms with Gasteiger partial charge in [-0.25, -0.2) is 0 Å². The minimum atomic E-state index is 0.384. The minimum absolute atomic E-state index is 0.384. The molecule has 0 bridgehead atoms. The molecule has 27 heavy (non-hydrogen) atoms. The average Bonchev–Trinajstić information content (AvgIpc) is 3.27. The predicted octanol–water partition coefficient (Wildman–Crippen LogP) is 7.30. The molecule has 0 aliphatic carbocycles. The van der Waals surface area contributed by atoms with Crippen LogP contribution in [0.4, 0.5) is 0 Å². The Morgan fingerprint density at radius 3 is 2.11 bits per heavy atom. The van der Waals surface area contributed by atoms with Crippen molar-refractivity contribution in [3.05, 3.63) is 83.9 Å². The van der Waals surface area contributed by atoms with Gasteiger partial charge in [-0.2, -0.15) is 0 Å². The standard InChI is InChI=1S/C24H21NS2/c1-3-16-12-14-17(15-13-16)23-22(18-8-4-5-9-19(18)25(23)2)24-26-20-10-6-7-11-21(20)27-24/h4-15,24H,3H2,1-2H3. The molecule has 3 heteroatoms. The Balaban J connectivity index is 1.71. The molecule has 0 spiro atoms. The predicted molar refractivity (Wildman–Crippen MR) is 119 cm³/mol. The maximum absolute atomic E-state index is 2.37. The van der Waals surface area contributed by atoms with Gasteiger partial charge in [-0.1, -0.05) is 61.5 Å². The van der Waals surface area contributed by atoms with Crippen LogP contribution in [0.2, 0.25) is 0 Å². The van der Waals surface area contributed by atoms with E-state index in [0.717, 1.165) is 6.42 Å². The number of thioether (sulfide) groups is 2. The molecular weight excluding hydrogens is 366 g/mol. The van der Waals surface area contributed by atoms with Gasteiger partial charge in [0, 0.05) is 33.3 Å². The second-order valence-corrected chi connectivity index (χ2v) is 9.50. The topological polar surface area (TPSA) is 4.93 Å². The van der Waals surface area contributed by atoms with E-state index in [2.05, 4.69) is 91.3 Å². The third kappa shape index (κ3) is 2.81. The van der Waals surface area contributed by atoms with E-state index in [1.165, 1.54) is 43.1 Å². The summed E-state index contributed by atoms with van der Waals surface area (Å²) in [6.07, 6.45) is 1.08. The van der Waals surface area contributed by atoms with Crippen molar-refractivity contribution in [2.75, 3.05) is 0 Å². The Morgan fingerprint density at radius 1 is 0.815 bits per heavy atom. The minimum Gasteiger partial charge on any atom is -0.343 e. The van der Waals surface area contributed by atoms with Crippen molar-refractivity contribution in [3.63, 3.8) is 0 Å². The molecule has 0 atom stereocenters. The summed E-state index contributed by atoms with van der Waals surface area (Å²) >= 11 is 3.97. The molecule has 1 nitrogen and oxygen atoms in total. The number of aromatic nitrogens is 1. The normalized spacial score (nSPS) is 14.0. The fourth-order valence-corrected chi connectivity index (χ4v) is 6.89. The molecule has 134 valence electrons. The van der Waals surface area contributed by atoms with Gasteiger partial charge >= 0.3 is 0 Å². The molecule has 0 saturated heterocycles. The monoisotopic (exact) mass is 387 g/mol. The summed E-state index contributed by atoms with van der Waals surface area (Å²) < 4.78 is 2.75. The van der Waals surface area contributed by atoms with Gasteiger partial charge in [0.1, 0.15) is 0 Å². The van der Waals surface area contributed by atoms with Gasteiger partial charge in [0.2, 0.25) is 0 Å². The highest BCUT2D eigenvalue weighted by Gasteiger charge is 2.30. The Hall–Kier alpha value is -2.10. The summed E-state index contributed by atoms with van der Waals surface area (Å²) in [6, 6.07) is 26.7. The highest BCUT2D eigenvalue weighted by Crippen LogP contribution is 2.59. The summed E-state index contributed by atoms with van der Waals surface area (Å²) in [5.41, 5.74) is 6.79. The maximum Gasteiger partial charge on any atom is 0.0873 e. The van der Waals surface area contributed by atoms with Crippen LogP contribution in [0.15, 0.2) is 82.6 Å². The number of rotatable bonds is 3. The van der Waals surface area contributed by atoms with Crippen LogP contribution in [0, 0.1) is 0 Å². The van der Waals surface area contributed by atoms with Crippen LogP contribution in [0.5, 0.6) is 0 Å². The van der Waals surface area contributed by atoms with Crippen LogP contribution in [-0.4, -0.2) is 4.57 Å². The van der Waals surface area contributed by atoms with E-state index in [1.54, 1.807) is 0 Å². The largest absolute Gasteiger partial charge is 0.343 e. The van der Waals surface area contributed by atoms with E-state index < -0.39 is 0 Å². The lowest BCUT2D eigenvalue weighted by atomic mass is 10.0. The fourth-order valence-electron chi connectivity index (χ4n) is 3.93. The van der Waals surface area contributed by atoms with Crippen LogP contribution in [0.1, 0.15) is 22.6 Å². The lowest BCUT2D eigenvalue weighted by Crippen LogP contribution is -1.95. The zero-order valence-electron chi connectivity index (χ0n) is 15.5. The van der Waals surface area contributed by atoms with Crippen LogP contribution in [0.25, 0.3) is 22.2 Å². The van der Waals surface area contributed by atoms with Crippen LogP contribution in [-0.2, 0) is 13.5 Å². The quantitative estimate of drug-likeness (QED) is 0.363. The Kier molecular flexibility index (Phi) is 4.30. The number of hydrogen-bond acceptors (Lipinski definition) is 2. The molecule has 0 saturated carbocycles. The van der Waals surface area contributed by atoms with Crippen LogP contribution in [0.3, 0.4) is 0 Å². The lowest BCUT2D eigenvalue weighted by molar-refractivity contribution is 0.972. The van der Waals surface area contributed by atoms with Crippen LogP contribution < -0.4 is 0 Å². The number of benzene rings is 3. The van der Waals surface area contributed by atoms with Crippen molar-refractivity contribution >= 4 is 34.4 Å². The maximum atomic E-state index is 2.37. The molecule has 3 aromatic carbocycles. The van der Waals surface area contributed by atoms with Gasteiger partial charge < -0.3 is 4.57 Å². The van der Waals surface area contributed by atoms with E-state index in [-0.39, 0.29) is 0 Å². The molecule has 0 N–H and O–H groups in total. The van der Waals surface area contributed by atoms with Crippen molar-refractivity contribution in [2.24, 2.45) is 7.05 Å². The molecule has 0 fully saturated rings. The molecule has 0 unspecified atom stereocenters. The summed E-state index contributed by atoms with van der Waals surface area (Å²) in [5.74, 6) is 0. The number of fused-ring (bicyclic) bond motifs is 2. The van der Waals surface area contributed by atoms with Crippen molar-refractivity contribution < 1.29 is 0 Å². The van der Waals surface area contributed by atoms with E-state index in [9.17, 15) is 0 Å². The van der Waals surface area contributed by atoms with Crippen molar-refractivity contribution in [1.82, 2.24) is 4.57 Å². The lowest BCUT2D eigenvalue weighted by Gasteiger charge is -2.13. The summed E-state index contributed by atoms with van der Waals surface area (Å²) in [5, 5.41) is 1.37. The van der Waals surface area contributed by atoms with Crippen molar-refractivity contribution in [3.8, 4) is 11.3 Å². The second-order valence-electron chi connectivity index (χ2n) is 6.90. The first-order valence-corrected chi connectivity index (χ1v) is 11.1. The third-order valence-corrected chi connectivity index (χ3v) is 8.16. The molecule has 1 aromatic heterocycles. The second kappa shape index (κ2) is 6.81. The zero-order chi connectivity index (χ0) is 18.4. The van der Waals surface area contributed by atoms with E-state index in [4.69, 9.17) is 0 Å². The van der Waals surface area contributed by atoms with Gasteiger partial charge in [-0.15, -0.1) is 23.5 Å². The first-order valence-electron chi connectivity index (χ1n) is 9.35. The molecule has 2 heterocycles. The number of para-hydroxylation sites is 1. The Morgan fingerprint density at radius 2 is 1.44 bits per heavy atom. The molecule has 5 rings (SSSR count). The number of nitrogens with zero attached hydrogens (tertiary/aromatic N) is 1. The highest BCUT2D eigenvalue weighted by atomic mass is 32.2. The van der Waals surface area contributed by atoms with Gasteiger partial charge in [-0.05, 0) is 35.7 Å². The van der Waals surface area contributed by atoms with Gasteiger partial charge in [0.15, 0.2) is 0 Å². The van der Waals surface area contributed by atoms with E-state index in [0.29, 0.717) is 4.58 Å². The van der Waals surface area contributed by atoms with Gasteiger partial charge in [0.25, 0.3) is 0 Å². The van der Waals surface area contributed by atoms with E-state index in [1.807, 2.05) is 23.5 Å². The van der Waals surface area contributed by atoms with E-state index >= 15 is 0 Å². The number of hydrogen-bond donors (Lipinski definition) is 0. The van der Waals surface area contributed by atoms with Gasteiger partial charge in [-0.3, -0.25) is 0 Å². The van der Waals surface area contributed by atoms with Gasteiger partial charge in [0.05, 0.1) is 10.3 Å². The molecule has 1 aliphatic heterocycles. The molecule has 0 radical (unpaired) electrons. The first-order chi connectivity index (χ1) is 13.3. The average molecular weight is 388 g/mol. The van der Waals surface area contributed by atoms with Crippen molar-refractivity contribution in [1.29, 1.82) is 0 Å². The fraction of sp³-hybridized carbons (Fsp3) is 0.167. The highest BCUT2D eigenvalue weighted by molar-refractivity contribution is 8.19. The zero-order valence-corrected chi connectivity index (χ0v) is 17.1. The smallest absolute Gasteiger partial charge is 0.0873 e. The summed E-state index contributed by atoms with van der Waals surface area (Å²) in [4.78, 5) is 2.79. The molecular formula is C24H21NS2. The molecule has 1 aliphatic rings. The number of aryl methyl sites for hydroxylation is 2. The molecule has 0 amide bonds. The summed E-state index contributed by atoms with van der Waals surface area (Å²) in [7, 11) is 2.20. The Bertz CT molecular complexity index is 1100. The SMILES string of the molecule is CCc1ccc(-c2c(C3Sc4ccccc4S3)c3ccccc3n2C)cc1. The summed E-state index contributed by atoms with van der Waals surface area (Å²) in [6.45, 7) is 2.21.